The zero-order valence-corrected chi connectivity index (χ0v) is 12.7. The Balaban J connectivity index is 1.41. The second-order valence-electron chi connectivity index (χ2n) is 5.63. The van der Waals surface area contributed by atoms with E-state index in [9.17, 15) is 0 Å². The van der Waals surface area contributed by atoms with Gasteiger partial charge in [0.1, 0.15) is 12.1 Å². The number of aromatic nitrogens is 2. The largest absolute Gasteiger partial charge is 0.367 e. The first-order chi connectivity index (χ1) is 10.9. The molecule has 0 bridgehead atoms. The first-order valence-electron chi connectivity index (χ1n) is 7.87. The number of nitrogens with zero attached hydrogens (tertiary/aromatic N) is 3. The van der Waals surface area contributed by atoms with Gasteiger partial charge in [-0.05, 0) is 24.5 Å². The SMILES string of the molecule is C(=Cc1ccccc1)CN1CCC(Nc2ccncn2)CC1. The molecule has 1 aromatic heterocycles. The Bertz CT molecular complexity index is 575. The molecule has 4 nitrogen and oxygen atoms in total. The van der Waals surface area contributed by atoms with E-state index in [0.29, 0.717) is 6.04 Å². The summed E-state index contributed by atoms with van der Waals surface area (Å²) < 4.78 is 0. The van der Waals surface area contributed by atoms with Crippen LogP contribution in [0.1, 0.15) is 18.4 Å². The Morgan fingerprint density at radius 1 is 1.14 bits per heavy atom. The quantitative estimate of drug-likeness (QED) is 0.920. The van der Waals surface area contributed by atoms with Crippen LogP contribution in [0.3, 0.4) is 0 Å². The van der Waals surface area contributed by atoms with Crippen LogP contribution in [0.25, 0.3) is 6.08 Å². The van der Waals surface area contributed by atoms with Gasteiger partial charge in [0.15, 0.2) is 0 Å². The van der Waals surface area contributed by atoms with Crippen LogP contribution >= 0.6 is 0 Å². The lowest BCUT2D eigenvalue weighted by atomic mass is 10.1. The summed E-state index contributed by atoms with van der Waals surface area (Å²) in [6, 6.07) is 12.9. The van der Waals surface area contributed by atoms with Crippen LogP contribution in [0.2, 0.25) is 0 Å². The summed E-state index contributed by atoms with van der Waals surface area (Å²) in [6.07, 6.45) is 10.1. The molecule has 1 fully saturated rings. The Morgan fingerprint density at radius 2 is 1.95 bits per heavy atom. The van der Waals surface area contributed by atoms with Crippen LogP contribution in [0, 0.1) is 0 Å². The third kappa shape index (κ3) is 4.40. The highest BCUT2D eigenvalue weighted by atomic mass is 15.1. The number of rotatable bonds is 5. The minimum Gasteiger partial charge on any atom is -0.367 e. The summed E-state index contributed by atoms with van der Waals surface area (Å²) in [6.45, 7) is 3.28. The van der Waals surface area contributed by atoms with E-state index in [1.54, 1.807) is 12.5 Å². The summed E-state index contributed by atoms with van der Waals surface area (Å²) in [7, 11) is 0. The molecule has 1 aliphatic rings. The van der Waals surface area contributed by atoms with Crippen LogP contribution in [0.4, 0.5) is 5.82 Å². The monoisotopic (exact) mass is 294 g/mol. The maximum atomic E-state index is 4.23. The lowest BCUT2D eigenvalue weighted by molar-refractivity contribution is 0.240. The van der Waals surface area contributed by atoms with Crippen LogP contribution in [-0.2, 0) is 0 Å². The van der Waals surface area contributed by atoms with Gasteiger partial charge in [-0.1, -0.05) is 42.5 Å². The Kier molecular flexibility index (Phi) is 5.16. The van der Waals surface area contributed by atoms with E-state index in [2.05, 4.69) is 56.6 Å². The van der Waals surface area contributed by atoms with Crippen molar-refractivity contribution in [3.05, 3.63) is 60.6 Å². The molecule has 0 radical (unpaired) electrons. The Hall–Kier alpha value is -2.20. The molecule has 0 saturated carbocycles. The molecule has 1 aliphatic heterocycles. The van der Waals surface area contributed by atoms with Crippen LogP contribution in [0.15, 0.2) is 55.0 Å². The lowest BCUT2D eigenvalue weighted by Gasteiger charge is -2.31. The van der Waals surface area contributed by atoms with Crippen molar-refractivity contribution in [1.82, 2.24) is 14.9 Å². The van der Waals surface area contributed by atoms with Gasteiger partial charge >= 0.3 is 0 Å². The summed E-state index contributed by atoms with van der Waals surface area (Å²) in [4.78, 5) is 10.7. The minimum atomic E-state index is 0.518. The molecule has 0 atom stereocenters. The van der Waals surface area contributed by atoms with Gasteiger partial charge in [0, 0.05) is 31.9 Å². The molecule has 0 unspecified atom stereocenters. The standard InChI is InChI=1S/C18H22N4/c1-2-5-16(6-3-1)7-4-12-22-13-9-17(10-14-22)21-18-8-11-19-15-20-18/h1-8,11,15,17H,9-10,12-14H2,(H,19,20,21). The van der Waals surface area contributed by atoms with E-state index in [4.69, 9.17) is 0 Å². The molecule has 22 heavy (non-hydrogen) atoms. The molecule has 0 aliphatic carbocycles. The highest BCUT2D eigenvalue weighted by Gasteiger charge is 2.18. The van der Waals surface area contributed by atoms with E-state index in [1.807, 2.05) is 12.1 Å². The zero-order valence-electron chi connectivity index (χ0n) is 12.7. The number of piperidine rings is 1. The highest BCUT2D eigenvalue weighted by Crippen LogP contribution is 2.14. The summed E-state index contributed by atoms with van der Waals surface area (Å²) in [5.41, 5.74) is 1.27. The van der Waals surface area contributed by atoms with Crippen molar-refractivity contribution in [2.24, 2.45) is 0 Å². The average molecular weight is 294 g/mol. The second kappa shape index (κ2) is 7.71. The predicted molar refractivity (Wildman–Crippen MR) is 90.6 cm³/mol. The molecule has 0 spiro atoms. The van der Waals surface area contributed by atoms with Crippen molar-refractivity contribution in [3.8, 4) is 0 Å². The lowest BCUT2D eigenvalue weighted by Crippen LogP contribution is -2.39. The minimum absolute atomic E-state index is 0.518. The van der Waals surface area contributed by atoms with Crippen LogP contribution < -0.4 is 5.32 Å². The van der Waals surface area contributed by atoms with Crippen molar-refractivity contribution >= 4 is 11.9 Å². The maximum Gasteiger partial charge on any atom is 0.129 e. The first-order valence-corrected chi connectivity index (χ1v) is 7.87. The number of hydrogen-bond acceptors (Lipinski definition) is 4. The number of anilines is 1. The molecule has 1 saturated heterocycles. The fraction of sp³-hybridized carbons (Fsp3) is 0.333. The van der Waals surface area contributed by atoms with Gasteiger partial charge in [0.05, 0.1) is 0 Å². The van der Waals surface area contributed by atoms with E-state index in [0.717, 1.165) is 38.3 Å². The highest BCUT2D eigenvalue weighted by molar-refractivity contribution is 5.48. The van der Waals surface area contributed by atoms with Gasteiger partial charge in [-0.2, -0.15) is 0 Å². The van der Waals surface area contributed by atoms with E-state index in [-0.39, 0.29) is 0 Å². The fourth-order valence-electron chi connectivity index (χ4n) is 2.75. The van der Waals surface area contributed by atoms with E-state index < -0.39 is 0 Å². The Morgan fingerprint density at radius 3 is 2.68 bits per heavy atom. The number of likely N-dealkylation sites (tertiary alicyclic amines) is 1. The normalized spacial score (nSPS) is 16.9. The third-order valence-electron chi connectivity index (χ3n) is 4.00. The second-order valence-corrected chi connectivity index (χ2v) is 5.63. The van der Waals surface area contributed by atoms with Gasteiger partial charge in [0.25, 0.3) is 0 Å². The smallest absolute Gasteiger partial charge is 0.129 e. The molecule has 1 aromatic carbocycles. The van der Waals surface area contributed by atoms with Crippen LogP contribution in [0.5, 0.6) is 0 Å². The fourth-order valence-corrected chi connectivity index (χ4v) is 2.75. The molecule has 3 rings (SSSR count). The van der Waals surface area contributed by atoms with Gasteiger partial charge in [-0.25, -0.2) is 9.97 Å². The molecular weight excluding hydrogens is 272 g/mol. The molecular formula is C18H22N4. The number of benzene rings is 1. The average Bonchev–Trinajstić information content (AvgIpc) is 2.58. The molecule has 2 aromatic rings. The van der Waals surface area contributed by atoms with Crippen molar-refractivity contribution in [2.75, 3.05) is 25.0 Å². The van der Waals surface area contributed by atoms with Crippen molar-refractivity contribution < 1.29 is 0 Å². The third-order valence-corrected chi connectivity index (χ3v) is 4.00. The molecule has 0 amide bonds. The molecule has 1 N–H and O–H groups in total. The predicted octanol–water partition coefficient (Wildman–Crippen LogP) is 3.07. The maximum absolute atomic E-state index is 4.23. The van der Waals surface area contributed by atoms with Crippen molar-refractivity contribution in [2.45, 2.75) is 18.9 Å². The van der Waals surface area contributed by atoms with Crippen molar-refractivity contribution in [3.63, 3.8) is 0 Å². The first kappa shape index (κ1) is 14.7. The van der Waals surface area contributed by atoms with Crippen LogP contribution in [-0.4, -0.2) is 40.5 Å². The van der Waals surface area contributed by atoms with Gasteiger partial charge in [0.2, 0.25) is 0 Å². The van der Waals surface area contributed by atoms with Gasteiger partial charge in [-0.3, -0.25) is 4.90 Å². The number of nitrogens with one attached hydrogen (secondary N) is 1. The summed E-state index contributed by atoms with van der Waals surface area (Å²) >= 11 is 0. The molecule has 114 valence electrons. The number of hydrogen-bond donors (Lipinski definition) is 1. The Labute approximate surface area is 131 Å². The van der Waals surface area contributed by atoms with Crippen molar-refractivity contribution in [1.29, 1.82) is 0 Å². The van der Waals surface area contributed by atoms with E-state index in [1.165, 1.54) is 5.56 Å². The van der Waals surface area contributed by atoms with E-state index >= 15 is 0 Å². The summed E-state index contributed by atoms with van der Waals surface area (Å²) in [5, 5.41) is 3.49. The van der Waals surface area contributed by atoms with Gasteiger partial charge in [-0.15, -0.1) is 0 Å². The molecule has 4 heteroatoms. The zero-order chi connectivity index (χ0) is 15.0. The topological polar surface area (TPSA) is 41.0 Å². The summed E-state index contributed by atoms with van der Waals surface area (Å²) in [5.74, 6) is 0.928. The molecule has 2 heterocycles. The van der Waals surface area contributed by atoms with Gasteiger partial charge < -0.3 is 5.32 Å².